The molecule has 0 aliphatic carbocycles. The average Bonchev–Trinajstić information content (AvgIpc) is 2.39. The number of nitrogens with one attached hydrogen (secondary N) is 2. The SMILES string of the molecule is CC(=O)Nc1ccc(F)c(NCC2CCCN(C)C2)c1. The van der Waals surface area contributed by atoms with Crippen LogP contribution in [0.5, 0.6) is 0 Å². The van der Waals surface area contributed by atoms with E-state index in [9.17, 15) is 9.18 Å². The first-order valence-electron chi connectivity index (χ1n) is 7.04. The van der Waals surface area contributed by atoms with E-state index in [1.165, 1.54) is 25.8 Å². The Morgan fingerprint density at radius 2 is 2.30 bits per heavy atom. The molecule has 1 aromatic rings. The first-order valence-corrected chi connectivity index (χ1v) is 7.04. The number of amides is 1. The van der Waals surface area contributed by atoms with Crippen molar-refractivity contribution in [2.45, 2.75) is 19.8 Å². The van der Waals surface area contributed by atoms with Gasteiger partial charge in [0, 0.05) is 25.7 Å². The predicted molar refractivity (Wildman–Crippen MR) is 79.4 cm³/mol. The fourth-order valence-electron chi connectivity index (χ4n) is 2.64. The molecule has 0 saturated carbocycles. The van der Waals surface area contributed by atoms with E-state index < -0.39 is 0 Å². The van der Waals surface area contributed by atoms with Crippen LogP contribution in [0.3, 0.4) is 0 Å². The van der Waals surface area contributed by atoms with Crippen LogP contribution in [-0.4, -0.2) is 37.5 Å². The Labute approximate surface area is 119 Å². The first kappa shape index (κ1) is 14.8. The molecule has 4 nitrogen and oxygen atoms in total. The second kappa shape index (κ2) is 6.70. The van der Waals surface area contributed by atoms with Crippen LogP contribution in [0, 0.1) is 11.7 Å². The predicted octanol–water partition coefficient (Wildman–Crippen LogP) is 2.54. The molecule has 1 amide bonds. The zero-order valence-corrected chi connectivity index (χ0v) is 12.1. The van der Waals surface area contributed by atoms with Crippen LogP contribution in [0.2, 0.25) is 0 Å². The van der Waals surface area contributed by atoms with Crippen LogP contribution in [0.1, 0.15) is 19.8 Å². The topological polar surface area (TPSA) is 44.4 Å². The lowest BCUT2D eigenvalue weighted by Crippen LogP contribution is -2.35. The quantitative estimate of drug-likeness (QED) is 0.890. The van der Waals surface area contributed by atoms with Gasteiger partial charge in [-0.05, 0) is 50.6 Å². The number of carbonyl (C=O) groups is 1. The van der Waals surface area contributed by atoms with Gasteiger partial charge in [-0.15, -0.1) is 0 Å². The van der Waals surface area contributed by atoms with Gasteiger partial charge >= 0.3 is 0 Å². The zero-order chi connectivity index (χ0) is 14.5. The summed E-state index contributed by atoms with van der Waals surface area (Å²) in [6, 6.07) is 4.58. The van der Waals surface area contributed by atoms with E-state index in [1.54, 1.807) is 12.1 Å². The summed E-state index contributed by atoms with van der Waals surface area (Å²) in [6.45, 7) is 4.38. The average molecular weight is 279 g/mol. The Morgan fingerprint density at radius 1 is 1.50 bits per heavy atom. The molecule has 0 radical (unpaired) electrons. The summed E-state index contributed by atoms with van der Waals surface area (Å²) in [4.78, 5) is 13.3. The third-order valence-corrected chi connectivity index (χ3v) is 3.59. The van der Waals surface area contributed by atoms with Gasteiger partial charge in [0.2, 0.25) is 5.91 Å². The maximum atomic E-state index is 13.8. The number of hydrogen-bond donors (Lipinski definition) is 2. The normalized spacial score (nSPS) is 19.6. The lowest BCUT2D eigenvalue weighted by molar-refractivity contribution is -0.114. The molecule has 1 atom stereocenters. The van der Waals surface area contributed by atoms with Crippen molar-refractivity contribution in [3.8, 4) is 0 Å². The molecule has 1 fully saturated rings. The number of piperidine rings is 1. The molecule has 0 bridgehead atoms. The lowest BCUT2D eigenvalue weighted by Gasteiger charge is -2.30. The summed E-state index contributed by atoms with van der Waals surface area (Å²) in [5, 5.41) is 5.83. The van der Waals surface area contributed by atoms with E-state index in [4.69, 9.17) is 0 Å². The van der Waals surface area contributed by atoms with Crippen molar-refractivity contribution >= 4 is 17.3 Å². The Kier molecular flexibility index (Phi) is 4.95. The molecule has 0 aromatic heterocycles. The van der Waals surface area contributed by atoms with Gasteiger partial charge < -0.3 is 15.5 Å². The standard InChI is InChI=1S/C15H22FN3O/c1-11(20)18-13-5-6-14(16)15(8-13)17-9-12-4-3-7-19(2)10-12/h5-6,8,12,17H,3-4,7,9-10H2,1-2H3,(H,18,20). The summed E-state index contributed by atoms with van der Waals surface area (Å²) >= 11 is 0. The van der Waals surface area contributed by atoms with Crippen LogP contribution in [-0.2, 0) is 4.79 Å². The van der Waals surface area contributed by atoms with Gasteiger partial charge in [-0.2, -0.15) is 0 Å². The summed E-state index contributed by atoms with van der Waals surface area (Å²) < 4.78 is 13.8. The second-order valence-corrected chi connectivity index (χ2v) is 5.53. The third-order valence-electron chi connectivity index (χ3n) is 3.59. The highest BCUT2D eigenvalue weighted by atomic mass is 19.1. The highest BCUT2D eigenvalue weighted by Gasteiger charge is 2.17. The Bertz CT molecular complexity index is 478. The number of rotatable bonds is 4. The van der Waals surface area contributed by atoms with Crippen molar-refractivity contribution in [1.82, 2.24) is 4.90 Å². The maximum absolute atomic E-state index is 13.8. The molecule has 2 rings (SSSR count). The zero-order valence-electron chi connectivity index (χ0n) is 12.1. The fourth-order valence-corrected chi connectivity index (χ4v) is 2.64. The number of benzene rings is 1. The van der Waals surface area contributed by atoms with Crippen LogP contribution in [0.4, 0.5) is 15.8 Å². The van der Waals surface area contributed by atoms with Gasteiger partial charge in [0.05, 0.1) is 5.69 Å². The minimum Gasteiger partial charge on any atom is -0.382 e. The van der Waals surface area contributed by atoms with Crippen molar-refractivity contribution in [3.63, 3.8) is 0 Å². The summed E-state index contributed by atoms with van der Waals surface area (Å²) in [6.07, 6.45) is 2.36. The lowest BCUT2D eigenvalue weighted by atomic mass is 9.98. The van der Waals surface area contributed by atoms with Gasteiger partial charge in [-0.1, -0.05) is 0 Å². The molecule has 1 aliphatic rings. The summed E-state index contributed by atoms with van der Waals surface area (Å²) in [5.41, 5.74) is 1.06. The number of anilines is 2. The molecule has 1 saturated heterocycles. The van der Waals surface area contributed by atoms with Gasteiger partial charge in [0.1, 0.15) is 5.82 Å². The van der Waals surface area contributed by atoms with Crippen molar-refractivity contribution in [2.75, 3.05) is 37.3 Å². The molecule has 1 heterocycles. The number of likely N-dealkylation sites (tertiary alicyclic amines) is 1. The van der Waals surface area contributed by atoms with Crippen LogP contribution < -0.4 is 10.6 Å². The van der Waals surface area contributed by atoms with Crippen LogP contribution in [0.15, 0.2) is 18.2 Å². The molecule has 20 heavy (non-hydrogen) atoms. The Morgan fingerprint density at radius 3 is 3.00 bits per heavy atom. The van der Waals surface area contributed by atoms with Crippen LogP contribution >= 0.6 is 0 Å². The monoisotopic (exact) mass is 279 g/mol. The van der Waals surface area contributed by atoms with Crippen molar-refractivity contribution in [2.24, 2.45) is 5.92 Å². The molecule has 1 aliphatic heterocycles. The highest BCUT2D eigenvalue weighted by Crippen LogP contribution is 2.21. The molecular weight excluding hydrogens is 257 g/mol. The van der Waals surface area contributed by atoms with E-state index >= 15 is 0 Å². The molecular formula is C15H22FN3O. The van der Waals surface area contributed by atoms with Crippen LogP contribution in [0.25, 0.3) is 0 Å². The number of carbonyl (C=O) groups excluding carboxylic acids is 1. The highest BCUT2D eigenvalue weighted by molar-refractivity contribution is 5.89. The van der Waals surface area contributed by atoms with Gasteiger partial charge in [-0.25, -0.2) is 4.39 Å². The Hall–Kier alpha value is -1.62. The molecule has 2 N–H and O–H groups in total. The van der Waals surface area contributed by atoms with E-state index in [2.05, 4.69) is 22.6 Å². The molecule has 5 heteroatoms. The van der Waals surface area contributed by atoms with E-state index in [0.717, 1.165) is 19.6 Å². The van der Waals surface area contributed by atoms with Gasteiger partial charge in [-0.3, -0.25) is 4.79 Å². The maximum Gasteiger partial charge on any atom is 0.221 e. The second-order valence-electron chi connectivity index (χ2n) is 5.53. The molecule has 1 aromatic carbocycles. The summed E-state index contributed by atoms with van der Waals surface area (Å²) in [5.74, 6) is 0.0947. The molecule has 110 valence electrons. The fraction of sp³-hybridized carbons (Fsp3) is 0.533. The smallest absolute Gasteiger partial charge is 0.221 e. The molecule has 0 spiro atoms. The minimum atomic E-state index is -0.289. The van der Waals surface area contributed by atoms with E-state index in [1.807, 2.05) is 0 Å². The van der Waals surface area contributed by atoms with Crippen molar-refractivity contribution in [3.05, 3.63) is 24.0 Å². The number of halogens is 1. The molecule has 1 unspecified atom stereocenters. The first-order chi connectivity index (χ1) is 9.54. The van der Waals surface area contributed by atoms with Gasteiger partial charge in [0.25, 0.3) is 0 Å². The number of nitrogens with zero attached hydrogens (tertiary/aromatic N) is 1. The van der Waals surface area contributed by atoms with Gasteiger partial charge in [0.15, 0.2) is 0 Å². The Balaban J connectivity index is 1.95. The summed E-state index contributed by atoms with van der Waals surface area (Å²) in [7, 11) is 2.12. The third kappa shape index (κ3) is 4.20. The number of hydrogen-bond acceptors (Lipinski definition) is 3. The minimum absolute atomic E-state index is 0.156. The van der Waals surface area contributed by atoms with E-state index in [0.29, 0.717) is 17.3 Å². The van der Waals surface area contributed by atoms with E-state index in [-0.39, 0.29) is 11.7 Å². The largest absolute Gasteiger partial charge is 0.382 e. The van der Waals surface area contributed by atoms with Crippen molar-refractivity contribution in [1.29, 1.82) is 0 Å². The van der Waals surface area contributed by atoms with Crippen molar-refractivity contribution < 1.29 is 9.18 Å².